The molecule has 0 aliphatic carbocycles. The van der Waals surface area contributed by atoms with E-state index in [-0.39, 0.29) is 17.0 Å². The third-order valence-electron chi connectivity index (χ3n) is 2.99. The van der Waals surface area contributed by atoms with Gasteiger partial charge in [0, 0.05) is 32.0 Å². The summed E-state index contributed by atoms with van der Waals surface area (Å²) in [6, 6.07) is 0.134. The van der Waals surface area contributed by atoms with Crippen LogP contribution in [0.3, 0.4) is 0 Å². The quantitative estimate of drug-likeness (QED) is 0.856. The van der Waals surface area contributed by atoms with Crippen molar-refractivity contribution in [1.29, 1.82) is 0 Å². The van der Waals surface area contributed by atoms with Crippen LogP contribution in [-0.2, 0) is 0 Å². The minimum Gasteiger partial charge on any atom is -0.355 e. The fraction of sp³-hybridized carbons (Fsp3) is 0.692. The molecule has 18 heavy (non-hydrogen) atoms. The molecule has 0 saturated heterocycles. The van der Waals surface area contributed by atoms with Gasteiger partial charge in [-0.25, -0.2) is 4.98 Å². The Labute approximate surface area is 109 Å². The third-order valence-corrected chi connectivity index (χ3v) is 2.99. The van der Waals surface area contributed by atoms with Crippen molar-refractivity contribution in [2.24, 2.45) is 11.1 Å². The van der Waals surface area contributed by atoms with Crippen LogP contribution in [0.15, 0.2) is 17.2 Å². The zero-order valence-electron chi connectivity index (χ0n) is 12.0. The second-order valence-corrected chi connectivity index (χ2v) is 5.78. The maximum atomic E-state index is 12.3. The molecule has 1 heterocycles. The minimum absolute atomic E-state index is 0.0403. The molecule has 1 rings (SSSR count). The first-order chi connectivity index (χ1) is 8.28. The molecule has 1 aromatic heterocycles. The smallest absolute Gasteiger partial charge is 0.293 e. The summed E-state index contributed by atoms with van der Waals surface area (Å²) in [5, 5.41) is 0. The molecule has 102 valence electrons. The van der Waals surface area contributed by atoms with Crippen molar-refractivity contribution in [2.45, 2.75) is 33.7 Å². The first-order valence-electron chi connectivity index (χ1n) is 6.27. The number of aromatic nitrogens is 2. The number of anilines is 1. The molecule has 0 aromatic carbocycles. The second-order valence-electron chi connectivity index (χ2n) is 5.78. The van der Waals surface area contributed by atoms with Gasteiger partial charge in [-0.05, 0) is 25.8 Å². The fourth-order valence-corrected chi connectivity index (χ4v) is 1.86. The second kappa shape index (κ2) is 5.52. The Morgan fingerprint density at radius 1 is 1.50 bits per heavy atom. The van der Waals surface area contributed by atoms with E-state index >= 15 is 0 Å². The molecule has 0 aliphatic heterocycles. The standard InChI is InChI=1S/C13H24N4O/c1-10(2)17-7-6-15-11(12(17)18)16(5)9-13(3,4)8-14/h6-7,10H,8-9,14H2,1-5H3. The van der Waals surface area contributed by atoms with Gasteiger partial charge in [0.1, 0.15) is 0 Å². The van der Waals surface area contributed by atoms with Crippen LogP contribution in [0.5, 0.6) is 0 Å². The predicted octanol–water partition coefficient (Wildman–Crippen LogP) is 1.25. The molecule has 0 amide bonds. The number of nitrogens with zero attached hydrogens (tertiary/aromatic N) is 3. The highest BCUT2D eigenvalue weighted by Crippen LogP contribution is 2.16. The summed E-state index contributed by atoms with van der Waals surface area (Å²) in [6.07, 6.45) is 3.39. The summed E-state index contributed by atoms with van der Waals surface area (Å²) in [7, 11) is 1.88. The normalized spacial score (nSPS) is 11.9. The largest absolute Gasteiger partial charge is 0.355 e. The van der Waals surface area contributed by atoms with Gasteiger partial charge in [0.15, 0.2) is 5.82 Å². The molecule has 2 N–H and O–H groups in total. The first-order valence-corrected chi connectivity index (χ1v) is 6.27. The van der Waals surface area contributed by atoms with Crippen LogP contribution in [0.2, 0.25) is 0 Å². The van der Waals surface area contributed by atoms with Crippen molar-refractivity contribution < 1.29 is 0 Å². The maximum Gasteiger partial charge on any atom is 0.293 e. The molecular formula is C13H24N4O. The lowest BCUT2D eigenvalue weighted by Gasteiger charge is -2.29. The van der Waals surface area contributed by atoms with Crippen molar-refractivity contribution in [3.05, 3.63) is 22.7 Å². The maximum absolute atomic E-state index is 12.3. The van der Waals surface area contributed by atoms with Crippen molar-refractivity contribution in [3.8, 4) is 0 Å². The Balaban J connectivity index is 3.04. The average molecular weight is 252 g/mol. The molecule has 0 spiro atoms. The van der Waals surface area contributed by atoms with Crippen LogP contribution < -0.4 is 16.2 Å². The summed E-state index contributed by atoms with van der Waals surface area (Å²) in [5.74, 6) is 0.479. The lowest BCUT2D eigenvalue weighted by Crippen LogP contribution is -2.40. The SMILES string of the molecule is CC(C)n1ccnc(N(C)CC(C)(C)CN)c1=O. The molecule has 1 aromatic rings. The van der Waals surface area contributed by atoms with E-state index < -0.39 is 0 Å². The van der Waals surface area contributed by atoms with E-state index in [4.69, 9.17) is 5.73 Å². The van der Waals surface area contributed by atoms with E-state index in [0.717, 1.165) is 0 Å². The van der Waals surface area contributed by atoms with E-state index in [0.29, 0.717) is 18.9 Å². The molecule has 5 heteroatoms. The van der Waals surface area contributed by atoms with Crippen LogP contribution >= 0.6 is 0 Å². The highest BCUT2D eigenvalue weighted by Gasteiger charge is 2.21. The zero-order chi connectivity index (χ0) is 13.9. The van der Waals surface area contributed by atoms with Crippen molar-refractivity contribution >= 4 is 5.82 Å². The van der Waals surface area contributed by atoms with Crippen LogP contribution in [0.1, 0.15) is 33.7 Å². The van der Waals surface area contributed by atoms with Gasteiger partial charge >= 0.3 is 0 Å². The number of nitrogens with two attached hydrogens (primary N) is 1. The van der Waals surface area contributed by atoms with E-state index in [1.54, 1.807) is 17.0 Å². The minimum atomic E-state index is -0.0529. The monoisotopic (exact) mass is 252 g/mol. The summed E-state index contributed by atoms with van der Waals surface area (Å²) in [4.78, 5) is 18.3. The van der Waals surface area contributed by atoms with Crippen LogP contribution in [0.25, 0.3) is 0 Å². The Bertz CT molecular complexity index is 451. The van der Waals surface area contributed by atoms with Gasteiger partial charge in [0.25, 0.3) is 5.56 Å². The number of hydrogen-bond donors (Lipinski definition) is 1. The molecule has 0 fully saturated rings. The number of hydrogen-bond acceptors (Lipinski definition) is 4. The Kier molecular flexibility index (Phi) is 4.51. The van der Waals surface area contributed by atoms with Crippen molar-refractivity contribution in [1.82, 2.24) is 9.55 Å². The number of rotatable bonds is 5. The van der Waals surface area contributed by atoms with Gasteiger partial charge in [-0.2, -0.15) is 0 Å². The molecule has 0 atom stereocenters. The molecule has 0 bridgehead atoms. The Morgan fingerprint density at radius 2 is 2.11 bits per heavy atom. The lowest BCUT2D eigenvalue weighted by molar-refractivity contribution is 0.383. The molecule has 0 saturated carbocycles. The summed E-state index contributed by atoms with van der Waals surface area (Å²) < 4.78 is 1.69. The van der Waals surface area contributed by atoms with Crippen molar-refractivity contribution in [3.63, 3.8) is 0 Å². The van der Waals surface area contributed by atoms with Gasteiger partial charge < -0.3 is 15.2 Å². The van der Waals surface area contributed by atoms with Gasteiger partial charge in [0.05, 0.1) is 0 Å². The Hall–Kier alpha value is -1.36. The lowest BCUT2D eigenvalue weighted by atomic mass is 9.93. The molecule has 0 radical (unpaired) electrons. The zero-order valence-corrected chi connectivity index (χ0v) is 12.0. The molecular weight excluding hydrogens is 228 g/mol. The summed E-state index contributed by atoms with van der Waals surface area (Å²) in [6.45, 7) is 9.39. The van der Waals surface area contributed by atoms with E-state index in [1.807, 2.05) is 25.8 Å². The summed E-state index contributed by atoms with van der Waals surface area (Å²) in [5.41, 5.74) is 5.63. The van der Waals surface area contributed by atoms with Gasteiger partial charge in [-0.3, -0.25) is 4.79 Å². The van der Waals surface area contributed by atoms with Gasteiger partial charge in [0.2, 0.25) is 0 Å². The highest BCUT2D eigenvalue weighted by atomic mass is 16.1. The van der Waals surface area contributed by atoms with E-state index in [2.05, 4.69) is 18.8 Å². The van der Waals surface area contributed by atoms with Crippen LogP contribution in [0.4, 0.5) is 5.82 Å². The predicted molar refractivity (Wildman–Crippen MR) is 75.0 cm³/mol. The Morgan fingerprint density at radius 3 is 2.61 bits per heavy atom. The van der Waals surface area contributed by atoms with Gasteiger partial charge in [-0.15, -0.1) is 0 Å². The molecule has 5 nitrogen and oxygen atoms in total. The fourth-order valence-electron chi connectivity index (χ4n) is 1.86. The van der Waals surface area contributed by atoms with E-state index in [9.17, 15) is 4.79 Å². The highest BCUT2D eigenvalue weighted by molar-refractivity contribution is 5.34. The average Bonchev–Trinajstić information content (AvgIpc) is 2.28. The van der Waals surface area contributed by atoms with Crippen LogP contribution in [-0.4, -0.2) is 29.7 Å². The van der Waals surface area contributed by atoms with E-state index in [1.165, 1.54) is 0 Å². The third kappa shape index (κ3) is 3.32. The topological polar surface area (TPSA) is 64.2 Å². The first kappa shape index (κ1) is 14.7. The van der Waals surface area contributed by atoms with Crippen molar-refractivity contribution in [2.75, 3.05) is 25.0 Å². The molecule has 0 aliphatic rings. The summed E-state index contributed by atoms with van der Waals surface area (Å²) >= 11 is 0. The van der Waals surface area contributed by atoms with Gasteiger partial charge in [-0.1, -0.05) is 13.8 Å². The molecule has 0 unspecified atom stereocenters. The van der Waals surface area contributed by atoms with Crippen LogP contribution in [0, 0.1) is 5.41 Å².